The zero-order valence-electron chi connectivity index (χ0n) is 15.4. The van der Waals surface area contributed by atoms with E-state index in [1.165, 1.54) is 4.88 Å². The average molecular weight is 369 g/mol. The van der Waals surface area contributed by atoms with E-state index in [0.717, 1.165) is 10.8 Å². The summed E-state index contributed by atoms with van der Waals surface area (Å²) in [4.78, 5) is 16.4. The third kappa shape index (κ3) is 3.89. The van der Waals surface area contributed by atoms with Crippen LogP contribution < -0.4 is 10.1 Å². The first-order valence-corrected chi connectivity index (χ1v) is 9.62. The molecular formula is C21H24N2O2S. The maximum atomic E-state index is 13.0. The predicted molar refractivity (Wildman–Crippen MR) is 108 cm³/mol. The molecule has 0 saturated heterocycles. The van der Waals surface area contributed by atoms with Gasteiger partial charge in [0.25, 0.3) is 5.91 Å². The summed E-state index contributed by atoms with van der Waals surface area (Å²) in [6.45, 7) is 2.99. The number of nitrogens with one attached hydrogen (secondary N) is 1. The molecule has 136 valence electrons. The summed E-state index contributed by atoms with van der Waals surface area (Å²) in [5.41, 5.74) is 0.605. The number of fused-ring (bicyclic) bond motifs is 1. The maximum absolute atomic E-state index is 13.0. The summed E-state index contributed by atoms with van der Waals surface area (Å²) >= 11 is 1.70. The van der Waals surface area contributed by atoms with Crippen LogP contribution in [-0.4, -0.2) is 38.1 Å². The Balaban J connectivity index is 1.88. The first-order chi connectivity index (χ1) is 12.6. The Morgan fingerprint density at radius 3 is 2.65 bits per heavy atom. The molecule has 26 heavy (non-hydrogen) atoms. The number of ether oxygens (including phenoxy) is 1. The number of amides is 1. The minimum Gasteiger partial charge on any atom is -0.493 e. The molecule has 0 bridgehead atoms. The van der Waals surface area contributed by atoms with Crippen molar-refractivity contribution in [2.24, 2.45) is 0 Å². The van der Waals surface area contributed by atoms with Gasteiger partial charge < -0.3 is 15.0 Å². The van der Waals surface area contributed by atoms with Gasteiger partial charge in [-0.05, 0) is 49.3 Å². The number of hydrogen-bond acceptors (Lipinski definition) is 4. The van der Waals surface area contributed by atoms with E-state index in [-0.39, 0.29) is 11.9 Å². The molecule has 2 aromatic carbocycles. The molecule has 1 atom stereocenters. The molecule has 0 aliphatic rings. The van der Waals surface area contributed by atoms with Gasteiger partial charge in [0.15, 0.2) is 0 Å². The number of carbonyl (C=O) groups is 1. The number of nitrogens with zero attached hydrogens (tertiary/aromatic N) is 1. The molecule has 0 spiro atoms. The third-order valence-corrected chi connectivity index (χ3v) is 5.34. The van der Waals surface area contributed by atoms with Gasteiger partial charge in [-0.3, -0.25) is 4.79 Å². The predicted octanol–water partition coefficient (Wildman–Crippen LogP) is 4.33. The number of carbonyl (C=O) groups excluding carboxylic acids is 1. The van der Waals surface area contributed by atoms with E-state index in [9.17, 15) is 4.79 Å². The number of rotatable bonds is 7. The monoisotopic (exact) mass is 368 g/mol. The summed E-state index contributed by atoms with van der Waals surface area (Å²) in [6, 6.07) is 16.1. The molecule has 1 aromatic heterocycles. The fraction of sp³-hybridized carbons (Fsp3) is 0.286. The van der Waals surface area contributed by atoms with Crippen molar-refractivity contribution in [1.82, 2.24) is 10.2 Å². The number of thiophene rings is 1. The highest BCUT2D eigenvalue weighted by molar-refractivity contribution is 7.10. The van der Waals surface area contributed by atoms with E-state index in [2.05, 4.69) is 21.7 Å². The minimum atomic E-state index is -0.103. The van der Waals surface area contributed by atoms with Gasteiger partial charge in [-0.25, -0.2) is 0 Å². The van der Waals surface area contributed by atoms with Crippen molar-refractivity contribution >= 4 is 28.0 Å². The fourth-order valence-electron chi connectivity index (χ4n) is 3.06. The normalized spacial score (nSPS) is 12.3. The second-order valence-corrected chi connectivity index (χ2v) is 7.28. The van der Waals surface area contributed by atoms with Gasteiger partial charge in [0.2, 0.25) is 0 Å². The van der Waals surface area contributed by atoms with Crippen molar-refractivity contribution in [3.8, 4) is 5.75 Å². The van der Waals surface area contributed by atoms with Crippen molar-refractivity contribution in [3.05, 3.63) is 64.4 Å². The van der Waals surface area contributed by atoms with E-state index in [0.29, 0.717) is 24.5 Å². The van der Waals surface area contributed by atoms with E-state index < -0.39 is 0 Å². The molecule has 1 heterocycles. The lowest BCUT2D eigenvalue weighted by Crippen LogP contribution is -2.34. The molecule has 3 rings (SSSR count). The quantitative estimate of drug-likeness (QED) is 0.675. The lowest BCUT2D eigenvalue weighted by Gasteiger charge is -2.24. The molecule has 5 heteroatoms. The molecule has 0 saturated carbocycles. The Labute approximate surface area is 158 Å². The highest BCUT2D eigenvalue weighted by Crippen LogP contribution is 2.29. The van der Waals surface area contributed by atoms with Crippen molar-refractivity contribution in [2.75, 3.05) is 27.2 Å². The van der Waals surface area contributed by atoms with Gasteiger partial charge in [0.05, 0.1) is 18.2 Å². The molecule has 0 aliphatic heterocycles. The van der Waals surface area contributed by atoms with Crippen LogP contribution in [0, 0.1) is 0 Å². The van der Waals surface area contributed by atoms with Crippen LogP contribution in [0.2, 0.25) is 0 Å². The third-order valence-electron chi connectivity index (χ3n) is 4.37. The Bertz CT molecular complexity index is 875. The van der Waals surface area contributed by atoms with Crippen LogP contribution in [0.3, 0.4) is 0 Å². The number of likely N-dealkylation sites (N-methyl/N-ethyl adjacent to an activating group) is 1. The Morgan fingerprint density at radius 2 is 1.96 bits per heavy atom. The average Bonchev–Trinajstić information content (AvgIpc) is 3.15. The summed E-state index contributed by atoms with van der Waals surface area (Å²) < 4.78 is 5.72. The van der Waals surface area contributed by atoms with Crippen LogP contribution in [0.5, 0.6) is 5.75 Å². The van der Waals surface area contributed by atoms with E-state index in [4.69, 9.17) is 4.74 Å². The Morgan fingerprint density at radius 1 is 1.15 bits per heavy atom. The van der Waals surface area contributed by atoms with Crippen molar-refractivity contribution in [3.63, 3.8) is 0 Å². The van der Waals surface area contributed by atoms with E-state index in [1.807, 2.05) is 63.5 Å². The van der Waals surface area contributed by atoms with Crippen LogP contribution in [0.25, 0.3) is 10.8 Å². The van der Waals surface area contributed by atoms with Gasteiger partial charge in [-0.2, -0.15) is 0 Å². The van der Waals surface area contributed by atoms with Gasteiger partial charge in [0, 0.05) is 11.4 Å². The molecule has 0 radical (unpaired) electrons. The molecule has 0 fully saturated rings. The second-order valence-electron chi connectivity index (χ2n) is 6.30. The Hall–Kier alpha value is -2.37. The fourth-order valence-corrected chi connectivity index (χ4v) is 3.98. The largest absolute Gasteiger partial charge is 0.493 e. The molecule has 0 unspecified atom stereocenters. The SMILES string of the molecule is CCOc1ccc2ccccc2c1C(=O)NC[C@H](c1cccs1)N(C)C. The summed E-state index contributed by atoms with van der Waals surface area (Å²) in [7, 11) is 4.06. The lowest BCUT2D eigenvalue weighted by atomic mass is 10.0. The lowest BCUT2D eigenvalue weighted by molar-refractivity contribution is 0.0940. The van der Waals surface area contributed by atoms with Crippen molar-refractivity contribution in [1.29, 1.82) is 0 Å². The maximum Gasteiger partial charge on any atom is 0.255 e. The van der Waals surface area contributed by atoms with Gasteiger partial charge in [-0.15, -0.1) is 11.3 Å². The summed E-state index contributed by atoms with van der Waals surface area (Å²) in [5, 5.41) is 7.11. The molecule has 1 amide bonds. The van der Waals surface area contributed by atoms with Crippen molar-refractivity contribution in [2.45, 2.75) is 13.0 Å². The van der Waals surface area contributed by atoms with Crippen LogP contribution in [0.4, 0.5) is 0 Å². The van der Waals surface area contributed by atoms with E-state index in [1.54, 1.807) is 11.3 Å². The highest BCUT2D eigenvalue weighted by Gasteiger charge is 2.20. The van der Waals surface area contributed by atoms with Crippen LogP contribution in [0.1, 0.15) is 28.2 Å². The number of benzene rings is 2. The van der Waals surface area contributed by atoms with E-state index >= 15 is 0 Å². The second kappa shape index (κ2) is 8.34. The van der Waals surface area contributed by atoms with Gasteiger partial charge in [0.1, 0.15) is 5.75 Å². The summed E-state index contributed by atoms with van der Waals surface area (Å²) in [5.74, 6) is 0.523. The summed E-state index contributed by atoms with van der Waals surface area (Å²) in [6.07, 6.45) is 0. The molecule has 0 aliphatic carbocycles. The minimum absolute atomic E-state index is 0.103. The topological polar surface area (TPSA) is 41.6 Å². The van der Waals surface area contributed by atoms with Gasteiger partial charge >= 0.3 is 0 Å². The first-order valence-electron chi connectivity index (χ1n) is 8.74. The standard InChI is InChI=1S/C21H24N2O2S/c1-4-25-18-12-11-15-8-5-6-9-16(15)20(18)21(24)22-14-17(23(2)3)19-10-7-13-26-19/h5-13,17H,4,14H2,1-3H3,(H,22,24)/t17-/m1/s1. The number of hydrogen-bond donors (Lipinski definition) is 1. The zero-order valence-corrected chi connectivity index (χ0v) is 16.2. The first kappa shape index (κ1) is 18.4. The van der Waals surface area contributed by atoms with Crippen LogP contribution >= 0.6 is 11.3 Å². The molecule has 1 N–H and O–H groups in total. The molecular weight excluding hydrogens is 344 g/mol. The Kier molecular flexibility index (Phi) is 5.91. The zero-order chi connectivity index (χ0) is 18.5. The molecule has 3 aromatic rings. The van der Waals surface area contributed by atoms with Crippen molar-refractivity contribution < 1.29 is 9.53 Å². The smallest absolute Gasteiger partial charge is 0.255 e. The van der Waals surface area contributed by atoms with Crippen LogP contribution in [0.15, 0.2) is 53.9 Å². The highest BCUT2D eigenvalue weighted by atomic mass is 32.1. The van der Waals surface area contributed by atoms with Crippen LogP contribution in [-0.2, 0) is 0 Å². The molecule has 4 nitrogen and oxygen atoms in total. The van der Waals surface area contributed by atoms with Gasteiger partial charge in [-0.1, -0.05) is 36.4 Å².